The number of hydrogen-bond acceptors (Lipinski definition) is 2. The third-order valence-electron chi connectivity index (χ3n) is 3.93. The second-order valence-electron chi connectivity index (χ2n) is 5.49. The molecular weight excluding hydrogens is 337 g/mol. The predicted octanol–water partition coefficient (Wildman–Crippen LogP) is 4.64. The van der Waals surface area contributed by atoms with Gasteiger partial charge >= 0.3 is 0 Å². The molecule has 1 fully saturated rings. The van der Waals surface area contributed by atoms with Gasteiger partial charge in [-0.05, 0) is 73.4 Å². The van der Waals surface area contributed by atoms with Gasteiger partial charge in [0, 0.05) is 10.5 Å². The van der Waals surface area contributed by atoms with Crippen LogP contribution in [0.15, 0.2) is 22.7 Å². The van der Waals surface area contributed by atoms with Gasteiger partial charge in [-0.1, -0.05) is 22.9 Å². The molecule has 1 heterocycles. The van der Waals surface area contributed by atoms with Crippen molar-refractivity contribution in [1.82, 2.24) is 5.32 Å². The molecule has 1 N–H and O–H groups in total. The Hall–Kier alpha value is -0.0600. The van der Waals surface area contributed by atoms with E-state index < -0.39 is 0 Å². The average Bonchev–Trinajstić information content (AvgIpc) is 2.44. The van der Waals surface area contributed by atoms with Crippen LogP contribution < -0.4 is 5.32 Å². The smallest absolute Gasteiger partial charge is 0.126 e. The number of halogens is 2. The second-order valence-corrected chi connectivity index (χ2v) is 7.63. The van der Waals surface area contributed by atoms with Crippen molar-refractivity contribution in [1.29, 1.82) is 0 Å². The Morgan fingerprint density at radius 2 is 2.15 bits per heavy atom. The Bertz CT molecular complexity index is 421. The van der Waals surface area contributed by atoms with E-state index in [0.717, 1.165) is 28.9 Å². The van der Waals surface area contributed by atoms with Crippen molar-refractivity contribution in [2.75, 3.05) is 18.1 Å². The van der Waals surface area contributed by atoms with Gasteiger partial charge in [-0.15, -0.1) is 0 Å². The highest BCUT2D eigenvalue weighted by Gasteiger charge is 2.20. The Kier molecular flexibility index (Phi) is 6.85. The van der Waals surface area contributed by atoms with Crippen LogP contribution in [0.5, 0.6) is 0 Å². The molecule has 20 heavy (non-hydrogen) atoms. The van der Waals surface area contributed by atoms with Crippen molar-refractivity contribution >= 4 is 27.7 Å². The lowest BCUT2D eigenvalue weighted by molar-refractivity contribution is 0.364. The summed E-state index contributed by atoms with van der Waals surface area (Å²) in [6, 6.07) is 5.62. The summed E-state index contributed by atoms with van der Waals surface area (Å²) in [5.74, 6) is 3.29. The second kappa shape index (κ2) is 8.40. The molecule has 0 radical (unpaired) electrons. The van der Waals surface area contributed by atoms with Gasteiger partial charge in [0.25, 0.3) is 0 Å². The first-order valence-electron chi connectivity index (χ1n) is 7.44. The van der Waals surface area contributed by atoms with Crippen molar-refractivity contribution in [3.63, 3.8) is 0 Å². The SMILES string of the molecule is CCNC(Cc1cc(Br)ccc1F)CC1CCSCC1. The summed E-state index contributed by atoms with van der Waals surface area (Å²) in [7, 11) is 0. The molecule has 1 aliphatic rings. The summed E-state index contributed by atoms with van der Waals surface area (Å²) in [5, 5.41) is 3.54. The fraction of sp³-hybridized carbons (Fsp3) is 0.625. The van der Waals surface area contributed by atoms with Gasteiger partial charge in [-0.2, -0.15) is 11.8 Å². The number of likely N-dealkylation sites (N-methyl/N-ethyl adjacent to an activating group) is 1. The van der Waals surface area contributed by atoms with E-state index in [-0.39, 0.29) is 5.82 Å². The molecule has 1 unspecified atom stereocenters. The molecule has 0 bridgehead atoms. The zero-order chi connectivity index (χ0) is 14.4. The molecule has 0 amide bonds. The maximum absolute atomic E-state index is 13.9. The lowest BCUT2D eigenvalue weighted by atomic mass is 9.91. The zero-order valence-electron chi connectivity index (χ0n) is 12.0. The molecule has 1 aromatic carbocycles. The average molecular weight is 360 g/mol. The van der Waals surface area contributed by atoms with E-state index >= 15 is 0 Å². The Balaban J connectivity index is 1.98. The van der Waals surface area contributed by atoms with E-state index in [1.54, 1.807) is 12.1 Å². The van der Waals surface area contributed by atoms with Gasteiger partial charge in [0.05, 0.1) is 0 Å². The molecule has 0 saturated carbocycles. The minimum absolute atomic E-state index is 0.0877. The molecule has 4 heteroatoms. The van der Waals surface area contributed by atoms with Crippen LogP contribution in [0.1, 0.15) is 31.7 Å². The zero-order valence-corrected chi connectivity index (χ0v) is 14.4. The molecule has 1 aliphatic heterocycles. The maximum Gasteiger partial charge on any atom is 0.126 e. The molecule has 1 aromatic rings. The lowest BCUT2D eigenvalue weighted by Gasteiger charge is -2.27. The van der Waals surface area contributed by atoms with Crippen LogP contribution in [-0.4, -0.2) is 24.1 Å². The first-order chi connectivity index (χ1) is 9.69. The monoisotopic (exact) mass is 359 g/mol. The van der Waals surface area contributed by atoms with E-state index in [1.165, 1.54) is 30.8 Å². The van der Waals surface area contributed by atoms with Crippen LogP contribution in [0, 0.1) is 11.7 Å². The molecule has 1 nitrogen and oxygen atoms in total. The summed E-state index contributed by atoms with van der Waals surface area (Å²) < 4.78 is 14.9. The molecule has 0 aliphatic carbocycles. The standard InChI is InChI=1S/C16H23BrFNS/c1-2-19-15(9-12-5-7-20-8-6-12)11-13-10-14(17)3-4-16(13)18/h3-4,10,12,15,19H,2,5-9,11H2,1H3. The Labute approximate surface area is 134 Å². The van der Waals surface area contributed by atoms with Crippen LogP contribution in [0.4, 0.5) is 4.39 Å². The number of nitrogens with one attached hydrogen (secondary N) is 1. The molecule has 0 spiro atoms. The van der Waals surface area contributed by atoms with E-state index in [1.807, 2.05) is 6.07 Å². The van der Waals surface area contributed by atoms with Gasteiger partial charge in [-0.25, -0.2) is 4.39 Å². The highest BCUT2D eigenvalue weighted by atomic mass is 79.9. The van der Waals surface area contributed by atoms with Gasteiger partial charge < -0.3 is 5.32 Å². The van der Waals surface area contributed by atoms with Gasteiger partial charge in [0.15, 0.2) is 0 Å². The van der Waals surface area contributed by atoms with Crippen molar-refractivity contribution in [2.45, 2.75) is 38.6 Å². The van der Waals surface area contributed by atoms with Crippen molar-refractivity contribution in [2.24, 2.45) is 5.92 Å². The van der Waals surface area contributed by atoms with Crippen LogP contribution >= 0.6 is 27.7 Å². The molecule has 1 atom stereocenters. The largest absolute Gasteiger partial charge is 0.314 e. The highest BCUT2D eigenvalue weighted by Crippen LogP contribution is 2.27. The number of benzene rings is 1. The minimum atomic E-state index is -0.0877. The molecule has 1 saturated heterocycles. The van der Waals surface area contributed by atoms with E-state index in [2.05, 4.69) is 39.9 Å². The third-order valence-corrected chi connectivity index (χ3v) is 5.47. The minimum Gasteiger partial charge on any atom is -0.314 e. The predicted molar refractivity (Wildman–Crippen MR) is 89.9 cm³/mol. The van der Waals surface area contributed by atoms with E-state index in [4.69, 9.17) is 0 Å². The first-order valence-corrected chi connectivity index (χ1v) is 9.39. The van der Waals surface area contributed by atoms with Crippen molar-refractivity contribution in [3.8, 4) is 0 Å². The van der Waals surface area contributed by atoms with Gasteiger partial charge in [0.1, 0.15) is 5.82 Å². The molecular formula is C16H23BrFNS. The van der Waals surface area contributed by atoms with Gasteiger partial charge in [0.2, 0.25) is 0 Å². The fourth-order valence-electron chi connectivity index (χ4n) is 2.88. The van der Waals surface area contributed by atoms with Crippen LogP contribution in [0.2, 0.25) is 0 Å². The van der Waals surface area contributed by atoms with Crippen LogP contribution in [0.3, 0.4) is 0 Å². The Morgan fingerprint density at radius 1 is 1.40 bits per heavy atom. The highest BCUT2D eigenvalue weighted by molar-refractivity contribution is 9.10. The normalized spacial score (nSPS) is 18.1. The summed E-state index contributed by atoms with van der Waals surface area (Å²) >= 11 is 5.49. The number of rotatable bonds is 6. The number of hydrogen-bond donors (Lipinski definition) is 1. The quantitative estimate of drug-likeness (QED) is 0.793. The fourth-order valence-corrected chi connectivity index (χ4v) is 4.49. The molecule has 112 valence electrons. The maximum atomic E-state index is 13.9. The van der Waals surface area contributed by atoms with Gasteiger partial charge in [-0.3, -0.25) is 0 Å². The number of thioether (sulfide) groups is 1. The van der Waals surface area contributed by atoms with Crippen molar-refractivity contribution in [3.05, 3.63) is 34.1 Å². The lowest BCUT2D eigenvalue weighted by Crippen LogP contribution is -2.34. The Morgan fingerprint density at radius 3 is 2.85 bits per heavy atom. The van der Waals surface area contributed by atoms with E-state index in [0.29, 0.717) is 6.04 Å². The van der Waals surface area contributed by atoms with E-state index in [9.17, 15) is 4.39 Å². The molecule has 2 rings (SSSR count). The topological polar surface area (TPSA) is 12.0 Å². The first kappa shape index (κ1) is 16.3. The summed E-state index contributed by atoms with van der Waals surface area (Å²) in [5.41, 5.74) is 0.815. The molecule has 0 aromatic heterocycles. The van der Waals surface area contributed by atoms with Crippen LogP contribution in [-0.2, 0) is 6.42 Å². The van der Waals surface area contributed by atoms with Crippen LogP contribution in [0.25, 0.3) is 0 Å². The summed E-state index contributed by atoms with van der Waals surface area (Å²) in [6.45, 7) is 3.07. The summed E-state index contributed by atoms with van der Waals surface area (Å²) in [4.78, 5) is 0. The summed E-state index contributed by atoms with van der Waals surface area (Å²) in [6.07, 6.45) is 4.57. The van der Waals surface area contributed by atoms with Crippen molar-refractivity contribution < 1.29 is 4.39 Å². The third kappa shape index (κ3) is 5.05.